The van der Waals surface area contributed by atoms with Crippen molar-refractivity contribution in [1.29, 1.82) is 0 Å². The summed E-state index contributed by atoms with van der Waals surface area (Å²) in [5.74, 6) is -0.325. The van der Waals surface area contributed by atoms with E-state index in [1.807, 2.05) is 6.07 Å². The van der Waals surface area contributed by atoms with E-state index >= 15 is 0 Å². The third-order valence-electron chi connectivity index (χ3n) is 3.98. The Morgan fingerprint density at radius 3 is 3.19 bits per heavy atom. The number of hydrogen-bond acceptors (Lipinski definition) is 5. The average Bonchev–Trinajstić information content (AvgIpc) is 3.24. The number of nitrogens with one attached hydrogen (secondary N) is 2. The highest BCUT2D eigenvalue weighted by molar-refractivity contribution is 5.93. The van der Waals surface area contributed by atoms with Crippen LogP contribution in [0.15, 0.2) is 12.3 Å². The summed E-state index contributed by atoms with van der Waals surface area (Å²) < 4.78 is 10.8. The maximum Gasteiger partial charge on any atom is 0.356 e. The van der Waals surface area contributed by atoms with Crippen LogP contribution >= 0.6 is 0 Å². The number of ether oxygens (including phenoxy) is 2. The Hall–Kier alpha value is -1.53. The monoisotopic (exact) mass is 293 g/mol. The molecule has 3 rings (SSSR count). The van der Waals surface area contributed by atoms with E-state index in [9.17, 15) is 4.79 Å². The van der Waals surface area contributed by atoms with Crippen molar-refractivity contribution < 1.29 is 14.3 Å². The van der Waals surface area contributed by atoms with E-state index in [1.54, 1.807) is 13.1 Å². The van der Waals surface area contributed by atoms with Gasteiger partial charge in [0.2, 0.25) is 0 Å². The molecule has 116 valence electrons. The van der Waals surface area contributed by atoms with Crippen molar-refractivity contribution in [2.45, 2.75) is 31.9 Å². The lowest BCUT2D eigenvalue weighted by Crippen LogP contribution is -2.46. The van der Waals surface area contributed by atoms with Gasteiger partial charge in [-0.1, -0.05) is 0 Å². The zero-order chi connectivity index (χ0) is 14.7. The standard InChI is InChI=1S/C15H23N3O3/c1-2-20-15(19)14-13(5-6-16-14)17-9-12-10-18(7-8-21-12)11-3-4-11/h5-6,11-12,16-17H,2-4,7-10H2,1H3. The smallest absolute Gasteiger partial charge is 0.356 e. The van der Waals surface area contributed by atoms with Gasteiger partial charge in [-0.2, -0.15) is 0 Å². The number of anilines is 1. The number of aromatic nitrogens is 1. The highest BCUT2D eigenvalue weighted by Gasteiger charge is 2.32. The van der Waals surface area contributed by atoms with Crippen LogP contribution in [0.2, 0.25) is 0 Å². The van der Waals surface area contributed by atoms with Crippen molar-refractivity contribution in [3.8, 4) is 0 Å². The number of carbonyl (C=O) groups excluding carboxylic acids is 1. The summed E-state index contributed by atoms with van der Waals surface area (Å²) in [5.41, 5.74) is 1.26. The van der Waals surface area contributed by atoms with Crippen LogP contribution in [0.3, 0.4) is 0 Å². The molecule has 6 nitrogen and oxygen atoms in total. The molecule has 2 heterocycles. The molecule has 1 aliphatic heterocycles. The van der Waals surface area contributed by atoms with Crippen molar-refractivity contribution in [2.24, 2.45) is 0 Å². The molecule has 1 aliphatic carbocycles. The van der Waals surface area contributed by atoms with E-state index in [-0.39, 0.29) is 12.1 Å². The summed E-state index contributed by atoms with van der Waals surface area (Å²) in [6.45, 7) is 5.68. The molecule has 2 aliphatic rings. The van der Waals surface area contributed by atoms with Gasteiger partial charge in [0.15, 0.2) is 0 Å². The third-order valence-corrected chi connectivity index (χ3v) is 3.98. The lowest BCUT2D eigenvalue weighted by atomic mass is 10.2. The van der Waals surface area contributed by atoms with Gasteiger partial charge in [-0.05, 0) is 25.8 Å². The molecular weight excluding hydrogens is 270 g/mol. The van der Waals surface area contributed by atoms with Crippen molar-refractivity contribution in [1.82, 2.24) is 9.88 Å². The van der Waals surface area contributed by atoms with Crippen LogP contribution < -0.4 is 5.32 Å². The largest absolute Gasteiger partial charge is 0.461 e. The number of carbonyl (C=O) groups is 1. The van der Waals surface area contributed by atoms with Gasteiger partial charge in [0.25, 0.3) is 0 Å². The van der Waals surface area contributed by atoms with Crippen LogP contribution in [-0.4, -0.2) is 60.8 Å². The normalized spacial score (nSPS) is 23.0. The first kappa shape index (κ1) is 14.4. The molecule has 1 aromatic heterocycles. The summed E-state index contributed by atoms with van der Waals surface area (Å²) in [7, 11) is 0. The van der Waals surface area contributed by atoms with Crippen LogP contribution in [0, 0.1) is 0 Å². The van der Waals surface area contributed by atoms with Crippen molar-refractivity contribution >= 4 is 11.7 Å². The number of esters is 1. The van der Waals surface area contributed by atoms with Crippen LogP contribution in [-0.2, 0) is 9.47 Å². The first-order chi connectivity index (χ1) is 10.3. The predicted octanol–water partition coefficient (Wildman–Crippen LogP) is 1.47. The molecule has 0 spiro atoms. The number of rotatable bonds is 6. The Morgan fingerprint density at radius 2 is 2.43 bits per heavy atom. The molecule has 2 fully saturated rings. The van der Waals surface area contributed by atoms with Gasteiger partial charge in [0, 0.05) is 31.9 Å². The summed E-state index contributed by atoms with van der Waals surface area (Å²) in [6, 6.07) is 2.63. The number of H-pyrrole nitrogens is 1. The molecular formula is C15H23N3O3. The highest BCUT2D eigenvalue weighted by Crippen LogP contribution is 2.28. The zero-order valence-corrected chi connectivity index (χ0v) is 12.4. The second-order valence-corrected chi connectivity index (χ2v) is 5.59. The van der Waals surface area contributed by atoms with Gasteiger partial charge in [0.05, 0.1) is 25.0 Å². The Labute approximate surface area is 124 Å². The quantitative estimate of drug-likeness (QED) is 0.777. The van der Waals surface area contributed by atoms with Crippen molar-refractivity contribution in [3.63, 3.8) is 0 Å². The Balaban J connectivity index is 1.52. The molecule has 1 unspecified atom stereocenters. The second-order valence-electron chi connectivity index (χ2n) is 5.59. The van der Waals surface area contributed by atoms with Gasteiger partial charge in [-0.15, -0.1) is 0 Å². The van der Waals surface area contributed by atoms with Gasteiger partial charge >= 0.3 is 5.97 Å². The predicted molar refractivity (Wildman–Crippen MR) is 79.6 cm³/mol. The first-order valence-corrected chi connectivity index (χ1v) is 7.72. The van der Waals surface area contributed by atoms with Gasteiger partial charge in [-0.3, -0.25) is 4.90 Å². The van der Waals surface area contributed by atoms with Gasteiger partial charge < -0.3 is 19.8 Å². The highest BCUT2D eigenvalue weighted by atomic mass is 16.5. The van der Waals surface area contributed by atoms with E-state index < -0.39 is 0 Å². The Kier molecular flexibility index (Phi) is 4.45. The molecule has 0 amide bonds. The number of hydrogen-bond donors (Lipinski definition) is 2. The third kappa shape index (κ3) is 3.57. The molecule has 0 radical (unpaired) electrons. The molecule has 2 N–H and O–H groups in total. The molecule has 1 saturated heterocycles. The van der Waals surface area contributed by atoms with E-state index in [0.29, 0.717) is 18.8 Å². The lowest BCUT2D eigenvalue weighted by molar-refractivity contribution is -0.0241. The summed E-state index contributed by atoms with van der Waals surface area (Å²) >= 11 is 0. The van der Waals surface area contributed by atoms with Crippen molar-refractivity contribution in [2.75, 3.05) is 38.2 Å². The van der Waals surface area contributed by atoms with Crippen molar-refractivity contribution in [3.05, 3.63) is 18.0 Å². The number of aromatic amines is 1. The number of morpholine rings is 1. The van der Waals surface area contributed by atoms with Crippen LogP contribution in [0.25, 0.3) is 0 Å². The summed E-state index contributed by atoms with van der Waals surface area (Å²) in [5, 5.41) is 3.30. The number of nitrogens with zero attached hydrogens (tertiary/aromatic N) is 1. The fourth-order valence-electron chi connectivity index (χ4n) is 2.75. The lowest BCUT2D eigenvalue weighted by Gasteiger charge is -2.33. The zero-order valence-electron chi connectivity index (χ0n) is 12.4. The average molecular weight is 293 g/mol. The molecule has 21 heavy (non-hydrogen) atoms. The molecule has 0 bridgehead atoms. The second kappa shape index (κ2) is 6.49. The maximum absolute atomic E-state index is 11.8. The van der Waals surface area contributed by atoms with E-state index in [1.165, 1.54) is 12.8 Å². The Bertz CT molecular complexity index is 484. The topological polar surface area (TPSA) is 66.6 Å². The van der Waals surface area contributed by atoms with E-state index in [0.717, 1.165) is 31.4 Å². The molecule has 1 atom stereocenters. The SMILES string of the molecule is CCOC(=O)c1[nH]ccc1NCC1CN(C2CC2)CCO1. The fourth-order valence-corrected chi connectivity index (χ4v) is 2.75. The molecule has 1 aromatic rings. The van der Waals surface area contributed by atoms with Crippen LogP contribution in [0.4, 0.5) is 5.69 Å². The summed E-state index contributed by atoms with van der Waals surface area (Å²) in [6.07, 6.45) is 4.56. The fraction of sp³-hybridized carbons (Fsp3) is 0.667. The Morgan fingerprint density at radius 1 is 1.57 bits per heavy atom. The molecule has 0 aromatic carbocycles. The van der Waals surface area contributed by atoms with Crippen LogP contribution in [0.5, 0.6) is 0 Å². The minimum absolute atomic E-state index is 0.171. The minimum atomic E-state index is -0.325. The van der Waals surface area contributed by atoms with Gasteiger partial charge in [0.1, 0.15) is 5.69 Å². The molecule has 6 heteroatoms. The van der Waals surface area contributed by atoms with Gasteiger partial charge in [-0.25, -0.2) is 4.79 Å². The minimum Gasteiger partial charge on any atom is -0.461 e. The van der Waals surface area contributed by atoms with E-state index in [2.05, 4.69) is 15.2 Å². The molecule has 1 saturated carbocycles. The first-order valence-electron chi connectivity index (χ1n) is 7.72. The maximum atomic E-state index is 11.8. The van der Waals surface area contributed by atoms with Crippen LogP contribution in [0.1, 0.15) is 30.3 Å². The summed E-state index contributed by atoms with van der Waals surface area (Å²) in [4.78, 5) is 17.2. The van der Waals surface area contributed by atoms with E-state index in [4.69, 9.17) is 9.47 Å².